The summed E-state index contributed by atoms with van der Waals surface area (Å²) in [4.78, 5) is 8.47. The van der Waals surface area contributed by atoms with Gasteiger partial charge in [0.1, 0.15) is 0 Å². The number of aromatic nitrogens is 2. The Kier molecular flexibility index (Phi) is 6.12. The first-order chi connectivity index (χ1) is 12.7. The monoisotopic (exact) mass is 375 g/mol. The molecular weight excluding hydrogens is 356 g/mol. The molecule has 1 aromatic carbocycles. The number of anilines is 2. The van der Waals surface area contributed by atoms with Gasteiger partial charge in [0.25, 0.3) is 0 Å². The molecule has 0 aliphatic heterocycles. The summed E-state index contributed by atoms with van der Waals surface area (Å²) < 4.78 is 33.6. The fraction of sp³-hybridized carbons (Fsp3) is 0.263. The molecule has 0 atom stereocenters. The van der Waals surface area contributed by atoms with Gasteiger partial charge in [-0.1, -0.05) is 19.8 Å². The van der Waals surface area contributed by atoms with Gasteiger partial charge in [0.2, 0.25) is 0 Å². The van der Waals surface area contributed by atoms with E-state index in [2.05, 4.69) is 22.2 Å². The number of nitrogens with one attached hydrogen (secondary N) is 1. The van der Waals surface area contributed by atoms with E-state index in [-0.39, 0.29) is 11.4 Å². The summed E-state index contributed by atoms with van der Waals surface area (Å²) in [6.07, 6.45) is 6.15. The van der Waals surface area contributed by atoms with Crippen molar-refractivity contribution in [3.05, 3.63) is 53.7 Å². The minimum Gasteiger partial charge on any atom is -0.488 e. The molecule has 2 aromatic heterocycles. The number of pyridine rings is 1. The van der Waals surface area contributed by atoms with Crippen molar-refractivity contribution in [3.8, 4) is 17.0 Å². The normalized spacial score (nSPS) is 10.7. The average molecular weight is 375 g/mol. The van der Waals surface area contributed by atoms with E-state index in [4.69, 9.17) is 4.74 Å². The molecule has 0 spiro atoms. The number of nitrogens with zero attached hydrogens (tertiary/aromatic N) is 2. The number of hydrogen-bond acceptors (Lipinski definition) is 5. The van der Waals surface area contributed by atoms with Crippen LogP contribution in [0.25, 0.3) is 11.3 Å². The van der Waals surface area contributed by atoms with Crippen LogP contribution in [0.5, 0.6) is 5.75 Å². The Balaban J connectivity index is 1.70. The number of unbranched alkanes of at least 4 members (excludes halogenated alkanes) is 2. The van der Waals surface area contributed by atoms with Crippen LogP contribution in [0.3, 0.4) is 0 Å². The van der Waals surface area contributed by atoms with Crippen LogP contribution in [0.15, 0.2) is 42.0 Å². The maximum atomic E-state index is 14.2. The van der Waals surface area contributed by atoms with Crippen molar-refractivity contribution in [1.29, 1.82) is 0 Å². The minimum absolute atomic E-state index is 0.285. The number of thiazole rings is 1. The van der Waals surface area contributed by atoms with E-state index in [1.807, 2.05) is 17.5 Å². The summed E-state index contributed by atoms with van der Waals surface area (Å²) in [5.74, 6) is -1.79. The van der Waals surface area contributed by atoms with Gasteiger partial charge in [0, 0.05) is 41.2 Å². The van der Waals surface area contributed by atoms with Crippen molar-refractivity contribution in [2.24, 2.45) is 0 Å². The van der Waals surface area contributed by atoms with E-state index in [1.54, 1.807) is 12.4 Å². The highest BCUT2D eigenvalue weighted by molar-refractivity contribution is 7.14. The lowest BCUT2D eigenvalue weighted by atomic mass is 10.2. The molecule has 0 saturated heterocycles. The van der Waals surface area contributed by atoms with Crippen LogP contribution in [-0.4, -0.2) is 16.6 Å². The van der Waals surface area contributed by atoms with Gasteiger partial charge in [-0.15, -0.1) is 11.3 Å². The molecule has 0 bridgehead atoms. The quantitative estimate of drug-likeness (QED) is 0.506. The zero-order valence-corrected chi connectivity index (χ0v) is 15.2. The van der Waals surface area contributed by atoms with Gasteiger partial charge in [-0.05, 0) is 18.6 Å². The molecule has 7 heteroatoms. The zero-order chi connectivity index (χ0) is 18.4. The Hall–Kier alpha value is -2.54. The first-order valence-corrected chi connectivity index (χ1v) is 9.30. The molecule has 3 aromatic rings. The first kappa shape index (κ1) is 18.3. The van der Waals surface area contributed by atoms with Crippen molar-refractivity contribution in [3.63, 3.8) is 0 Å². The second kappa shape index (κ2) is 8.71. The fourth-order valence-electron chi connectivity index (χ4n) is 2.40. The zero-order valence-electron chi connectivity index (χ0n) is 14.3. The van der Waals surface area contributed by atoms with E-state index in [9.17, 15) is 8.78 Å². The SMILES string of the molecule is CCCCCOc1c(F)cc(Nc2nc(-c3cccnc3)cs2)cc1F. The Morgan fingerprint density at radius 3 is 2.69 bits per heavy atom. The van der Waals surface area contributed by atoms with E-state index in [1.165, 1.54) is 23.5 Å². The molecule has 136 valence electrons. The lowest BCUT2D eigenvalue weighted by Gasteiger charge is -2.10. The molecule has 0 fully saturated rings. The van der Waals surface area contributed by atoms with Crippen molar-refractivity contribution in [2.45, 2.75) is 26.2 Å². The fourth-order valence-corrected chi connectivity index (χ4v) is 3.14. The van der Waals surface area contributed by atoms with Crippen molar-refractivity contribution >= 4 is 22.2 Å². The second-order valence-electron chi connectivity index (χ2n) is 5.73. The largest absolute Gasteiger partial charge is 0.488 e. The van der Waals surface area contributed by atoms with Gasteiger partial charge in [0.05, 0.1) is 12.3 Å². The Morgan fingerprint density at radius 1 is 1.19 bits per heavy atom. The third kappa shape index (κ3) is 4.54. The first-order valence-electron chi connectivity index (χ1n) is 8.42. The van der Waals surface area contributed by atoms with Crippen LogP contribution in [0.2, 0.25) is 0 Å². The molecule has 3 rings (SSSR count). The summed E-state index contributed by atoms with van der Waals surface area (Å²) in [5, 5.41) is 5.33. The van der Waals surface area contributed by atoms with Crippen LogP contribution in [0.4, 0.5) is 19.6 Å². The lowest BCUT2D eigenvalue weighted by molar-refractivity contribution is 0.276. The predicted molar refractivity (Wildman–Crippen MR) is 100 cm³/mol. The highest BCUT2D eigenvalue weighted by Crippen LogP contribution is 2.30. The smallest absolute Gasteiger partial charge is 0.190 e. The molecule has 0 aliphatic carbocycles. The Bertz CT molecular complexity index is 832. The van der Waals surface area contributed by atoms with E-state index in [0.29, 0.717) is 11.7 Å². The number of benzene rings is 1. The van der Waals surface area contributed by atoms with E-state index >= 15 is 0 Å². The maximum absolute atomic E-state index is 14.2. The Labute approximate surface area is 154 Å². The number of halogens is 2. The molecular formula is C19H19F2N3OS. The third-order valence-electron chi connectivity index (χ3n) is 3.71. The summed E-state index contributed by atoms with van der Waals surface area (Å²) in [5.41, 5.74) is 1.92. The van der Waals surface area contributed by atoms with Gasteiger partial charge in [-0.2, -0.15) is 0 Å². The molecule has 4 nitrogen and oxygen atoms in total. The summed E-state index contributed by atoms with van der Waals surface area (Å²) in [6, 6.07) is 6.15. The summed E-state index contributed by atoms with van der Waals surface area (Å²) in [6.45, 7) is 2.36. The molecule has 0 amide bonds. The number of hydrogen-bond donors (Lipinski definition) is 1. The number of ether oxygens (including phenoxy) is 1. The summed E-state index contributed by atoms with van der Waals surface area (Å²) in [7, 11) is 0. The minimum atomic E-state index is -0.729. The average Bonchev–Trinajstić information content (AvgIpc) is 3.10. The van der Waals surface area contributed by atoms with Crippen molar-refractivity contribution < 1.29 is 13.5 Å². The molecule has 1 N–H and O–H groups in total. The van der Waals surface area contributed by atoms with Crippen molar-refractivity contribution in [1.82, 2.24) is 9.97 Å². The van der Waals surface area contributed by atoms with Gasteiger partial charge in [0.15, 0.2) is 22.5 Å². The molecule has 2 heterocycles. The topological polar surface area (TPSA) is 47.0 Å². The van der Waals surface area contributed by atoms with Crippen LogP contribution < -0.4 is 10.1 Å². The van der Waals surface area contributed by atoms with Gasteiger partial charge in [-0.25, -0.2) is 13.8 Å². The van der Waals surface area contributed by atoms with Gasteiger partial charge >= 0.3 is 0 Å². The van der Waals surface area contributed by atoms with Crippen LogP contribution in [0, 0.1) is 11.6 Å². The predicted octanol–water partition coefficient (Wildman–Crippen LogP) is 5.80. The van der Waals surface area contributed by atoms with Crippen LogP contribution >= 0.6 is 11.3 Å². The van der Waals surface area contributed by atoms with Gasteiger partial charge in [-0.3, -0.25) is 4.98 Å². The maximum Gasteiger partial charge on any atom is 0.190 e. The van der Waals surface area contributed by atoms with E-state index < -0.39 is 11.6 Å². The molecule has 0 saturated carbocycles. The van der Waals surface area contributed by atoms with Crippen molar-refractivity contribution in [2.75, 3.05) is 11.9 Å². The second-order valence-corrected chi connectivity index (χ2v) is 6.59. The number of rotatable bonds is 8. The highest BCUT2D eigenvalue weighted by Gasteiger charge is 2.14. The highest BCUT2D eigenvalue weighted by atomic mass is 32.1. The molecule has 26 heavy (non-hydrogen) atoms. The van der Waals surface area contributed by atoms with Crippen LogP contribution in [0.1, 0.15) is 26.2 Å². The lowest BCUT2D eigenvalue weighted by Crippen LogP contribution is -2.02. The van der Waals surface area contributed by atoms with Crippen LogP contribution in [-0.2, 0) is 0 Å². The van der Waals surface area contributed by atoms with E-state index in [0.717, 1.165) is 30.5 Å². The molecule has 0 aliphatic rings. The standard InChI is InChI=1S/C19H19F2N3OS/c1-2-3-4-8-25-18-15(20)9-14(10-16(18)21)23-19-24-17(12-26-19)13-6-5-7-22-11-13/h5-7,9-12H,2-4,8H2,1H3,(H,23,24). The van der Waals surface area contributed by atoms with Gasteiger partial charge < -0.3 is 10.1 Å². The Morgan fingerprint density at radius 2 is 2.00 bits per heavy atom. The molecule has 0 radical (unpaired) electrons. The molecule has 0 unspecified atom stereocenters. The summed E-state index contributed by atoms with van der Waals surface area (Å²) >= 11 is 1.35. The third-order valence-corrected chi connectivity index (χ3v) is 4.46.